The molecular formula is C17H20BrNO. The van der Waals surface area contributed by atoms with Gasteiger partial charge in [0.25, 0.3) is 0 Å². The molecule has 2 nitrogen and oxygen atoms in total. The maximum absolute atomic E-state index is 5.92. The highest BCUT2D eigenvalue weighted by molar-refractivity contribution is 9.10. The van der Waals surface area contributed by atoms with Crippen LogP contribution in [0.15, 0.2) is 45.3 Å². The summed E-state index contributed by atoms with van der Waals surface area (Å²) < 4.78 is 7.03. The van der Waals surface area contributed by atoms with Gasteiger partial charge in [0, 0.05) is 16.4 Å². The van der Waals surface area contributed by atoms with Crippen LogP contribution in [0.25, 0.3) is 0 Å². The monoisotopic (exact) mass is 333 g/mol. The molecule has 0 spiro atoms. The standard InChI is InChI=1S/C17H20BrNO/c1-11-8-16(11)17-7-6-15(20-17)10-19-12(2)13-4-3-5-14(18)9-13/h3-7,9,11-12,16,19H,8,10H2,1-2H3/t11?,12-,16?/m0/s1. The fourth-order valence-corrected chi connectivity index (χ4v) is 2.97. The topological polar surface area (TPSA) is 25.2 Å². The Morgan fingerprint density at radius 1 is 1.35 bits per heavy atom. The molecule has 3 heteroatoms. The van der Waals surface area contributed by atoms with Gasteiger partial charge in [0.1, 0.15) is 11.5 Å². The van der Waals surface area contributed by atoms with Crippen LogP contribution in [0.1, 0.15) is 49.3 Å². The van der Waals surface area contributed by atoms with Crippen molar-refractivity contribution in [1.82, 2.24) is 5.32 Å². The summed E-state index contributed by atoms with van der Waals surface area (Å²) >= 11 is 3.51. The first-order valence-corrected chi connectivity index (χ1v) is 8.00. The Balaban J connectivity index is 1.57. The van der Waals surface area contributed by atoms with Gasteiger partial charge in [0.15, 0.2) is 0 Å². The first kappa shape index (κ1) is 13.9. The van der Waals surface area contributed by atoms with Gasteiger partial charge in [-0.2, -0.15) is 0 Å². The third kappa shape index (κ3) is 3.15. The van der Waals surface area contributed by atoms with Gasteiger partial charge in [-0.15, -0.1) is 0 Å². The highest BCUT2D eigenvalue weighted by atomic mass is 79.9. The lowest BCUT2D eigenvalue weighted by atomic mass is 10.1. The van der Waals surface area contributed by atoms with E-state index in [0.717, 1.165) is 28.5 Å². The Bertz CT molecular complexity index is 592. The van der Waals surface area contributed by atoms with Crippen LogP contribution >= 0.6 is 15.9 Å². The zero-order valence-electron chi connectivity index (χ0n) is 11.9. The lowest BCUT2D eigenvalue weighted by molar-refractivity contribution is 0.430. The summed E-state index contributed by atoms with van der Waals surface area (Å²) in [6.45, 7) is 5.23. The normalized spacial score (nSPS) is 22.8. The highest BCUT2D eigenvalue weighted by Gasteiger charge is 2.36. The molecule has 1 aliphatic rings. The number of halogens is 1. The van der Waals surface area contributed by atoms with Gasteiger partial charge >= 0.3 is 0 Å². The quantitative estimate of drug-likeness (QED) is 0.831. The van der Waals surface area contributed by atoms with Crippen LogP contribution in [0.4, 0.5) is 0 Å². The van der Waals surface area contributed by atoms with Gasteiger partial charge in [0.2, 0.25) is 0 Å². The summed E-state index contributed by atoms with van der Waals surface area (Å²) in [5.74, 6) is 3.64. The molecule has 1 heterocycles. The molecule has 1 saturated carbocycles. The molecule has 1 fully saturated rings. The molecule has 2 aromatic rings. The Morgan fingerprint density at radius 2 is 2.15 bits per heavy atom. The van der Waals surface area contributed by atoms with Gasteiger partial charge in [-0.25, -0.2) is 0 Å². The van der Waals surface area contributed by atoms with E-state index in [1.54, 1.807) is 0 Å². The Hall–Kier alpha value is -1.06. The van der Waals surface area contributed by atoms with Crippen LogP contribution in [-0.4, -0.2) is 0 Å². The van der Waals surface area contributed by atoms with E-state index < -0.39 is 0 Å². The second kappa shape index (κ2) is 5.74. The smallest absolute Gasteiger partial charge is 0.117 e. The van der Waals surface area contributed by atoms with Crippen LogP contribution in [0.3, 0.4) is 0 Å². The van der Waals surface area contributed by atoms with E-state index in [4.69, 9.17) is 4.42 Å². The SMILES string of the molecule is CC1CC1c1ccc(CN[C@@H](C)c2cccc(Br)c2)o1. The molecule has 0 aliphatic heterocycles. The molecule has 0 radical (unpaired) electrons. The fourth-order valence-electron chi connectivity index (χ4n) is 2.55. The number of nitrogens with one attached hydrogen (secondary N) is 1. The van der Waals surface area contributed by atoms with Gasteiger partial charge < -0.3 is 9.73 Å². The van der Waals surface area contributed by atoms with Gasteiger partial charge in [-0.1, -0.05) is 35.0 Å². The van der Waals surface area contributed by atoms with Crippen LogP contribution < -0.4 is 5.32 Å². The molecule has 0 saturated heterocycles. The summed E-state index contributed by atoms with van der Waals surface area (Å²) in [6, 6.07) is 12.9. The van der Waals surface area contributed by atoms with E-state index in [9.17, 15) is 0 Å². The Labute approximate surface area is 128 Å². The van der Waals surface area contributed by atoms with E-state index >= 15 is 0 Å². The molecule has 3 atom stereocenters. The first-order chi connectivity index (χ1) is 9.63. The van der Waals surface area contributed by atoms with Crippen molar-refractivity contribution < 1.29 is 4.42 Å². The average Bonchev–Trinajstić information content (AvgIpc) is 2.99. The van der Waals surface area contributed by atoms with Crippen molar-refractivity contribution in [2.45, 2.75) is 38.8 Å². The number of hydrogen-bond acceptors (Lipinski definition) is 2. The van der Waals surface area contributed by atoms with Crippen molar-refractivity contribution >= 4 is 15.9 Å². The summed E-state index contributed by atoms with van der Waals surface area (Å²) in [7, 11) is 0. The molecule has 0 amide bonds. The number of rotatable bonds is 5. The summed E-state index contributed by atoms with van der Waals surface area (Å²) in [5.41, 5.74) is 1.28. The minimum atomic E-state index is 0.306. The molecule has 20 heavy (non-hydrogen) atoms. The van der Waals surface area contributed by atoms with Crippen LogP contribution in [0, 0.1) is 5.92 Å². The van der Waals surface area contributed by atoms with E-state index in [0.29, 0.717) is 12.0 Å². The summed E-state index contributed by atoms with van der Waals surface area (Å²) in [5, 5.41) is 3.51. The van der Waals surface area contributed by atoms with Crippen LogP contribution in [-0.2, 0) is 6.54 Å². The van der Waals surface area contributed by atoms with E-state index in [-0.39, 0.29) is 0 Å². The molecule has 3 rings (SSSR count). The zero-order valence-corrected chi connectivity index (χ0v) is 13.5. The minimum absolute atomic E-state index is 0.306. The van der Waals surface area contributed by atoms with Crippen LogP contribution in [0.5, 0.6) is 0 Å². The largest absolute Gasteiger partial charge is 0.464 e. The molecule has 1 aliphatic carbocycles. The van der Waals surface area contributed by atoms with Crippen molar-refractivity contribution in [2.24, 2.45) is 5.92 Å². The number of furan rings is 1. The lowest BCUT2D eigenvalue weighted by Crippen LogP contribution is -2.17. The highest BCUT2D eigenvalue weighted by Crippen LogP contribution is 2.47. The summed E-state index contributed by atoms with van der Waals surface area (Å²) in [4.78, 5) is 0. The minimum Gasteiger partial charge on any atom is -0.464 e. The van der Waals surface area contributed by atoms with E-state index in [1.807, 2.05) is 6.07 Å². The zero-order chi connectivity index (χ0) is 14.1. The molecule has 2 unspecified atom stereocenters. The van der Waals surface area contributed by atoms with Crippen LogP contribution in [0.2, 0.25) is 0 Å². The molecule has 1 N–H and O–H groups in total. The number of hydrogen-bond donors (Lipinski definition) is 1. The predicted octanol–water partition coefficient (Wildman–Crippen LogP) is 5.02. The fraction of sp³-hybridized carbons (Fsp3) is 0.412. The van der Waals surface area contributed by atoms with Crippen molar-refractivity contribution in [3.63, 3.8) is 0 Å². The van der Waals surface area contributed by atoms with Gasteiger partial charge in [-0.05, 0) is 49.1 Å². The molecule has 1 aromatic heterocycles. The van der Waals surface area contributed by atoms with Crippen molar-refractivity contribution in [3.05, 3.63) is 58.0 Å². The Morgan fingerprint density at radius 3 is 2.85 bits per heavy atom. The van der Waals surface area contributed by atoms with Gasteiger partial charge in [-0.3, -0.25) is 0 Å². The lowest BCUT2D eigenvalue weighted by Gasteiger charge is -2.13. The predicted molar refractivity (Wildman–Crippen MR) is 84.6 cm³/mol. The second-order valence-corrected chi connectivity index (χ2v) is 6.70. The molecule has 1 aromatic carbocycles. The van der Waals surface area contributed by atoms with Crippen molar-refractivity contribution in [2.75, 3.05) is 0 Å². The number of benzene rings is 1. The third-order valence-electron chi connectivity index (χ3n) is 4.09. The van der Waals surface area contributed by atoms with Gasteiger partial charge in [0.05, 0.1) is 6.54 Å². The van der Waals surface area contributed by atoms with Crippen molar-refractivity contribution in [3.8, 4) is 0 Å². The van der Waals surface area contributed by atoms with E-state index in [1.165, 1.54) is 12.0 Å². The summed E-state index contributed by atoms with van der Waals surface area (Å²) in [6.07, 6.45) is 1.27. The van der Waals surface area contributed by atoms with Crippen molar-refractivity contribution in [1.29, 1.82) is 0 Å². The molecular weight excluding hydrogens is 314 g/mol. The Kier molecular flexibility index (Phi) is 3.99. The average molecular weight is 334 g/mol. The third-order valence-corrected chi connectivity index (χ3v) is 4.58. The maximum Gasteiger partial charge on any atom is 0.117 e. The second-order valence-electron chi connectivity index (χ2n) is 5.78. The maximum atomic E-state index is 5.92. The van der Waals surface area contributed by atoms with E-state index in [2.05, 4.69) is 65.4 Å². The first-order valence-electron chi connectivity index (χ1n) is 7.21. The molecule has 106 valence electrons. The molecule has 0 bridgehead atoms.